The van der Waals surface area contributed by atoms with E-state index in [0.717, 1.165) is 0 Å². The van der Waals surface area contributed by atoms with E-state index in [9.17, 15) is 4.79 Å². The summed E-state index contributed by atoms with van der Waals surface area (Å²) < 4.78 is 0. The van der Waals surface area contributed by atoms with E-state index in [4.69, 9.17) is 0 Å². The van der Waals surface area contributed by atoms with E-state index >= 15 is 0 Å². The smallest absolute Gasteiger partial charge is 0.136 e. The first-order valence-corrected chi connectivity index (χ1v) is 8.43. The van der Waals surface area contributed by atoms with Crippen LogP contribution in [-0.2, 0) is 4.79 Å². The van der Waals surface area contributed by atoms with Gasteiger partial charge in [0.15, 0.2) is 0 Å². The van der Waals surface area contributed by atoms with Gasteiger partial charge in [0.25, 0.3) is 0 Å². The number of allylic oxidation sites excluding steroid dienone is 1. The van der Waals surface area contributed by atoms with Gasteiger partial charge in [-0.3, -0.25) is 4.79 Å². The fourth-order valence-electron chi connectivity index (χ4n) is 1.03. The topological polar surface area (TPSA) is 17.1 Å². The molecule has 0 heterocycles. The monoisotopic (exact) mass is 198 g/mol. The number of ketones is 1. The molecule has 0 bridgehead atoms. The third-order valence-electron chi connectivity index (χ3n) is 2.11. The number of hydrogen-bond donors (Lipinski definition) is 0. The van der Waals surface area contributed by atoms with Crippen LogP contribution in [0.2, 0.25) is 19.6 Å². The molecule has 0 aromatic rings. The second kappa shape index (κ2) is 4.75. The van der Waals surface area contributed by atoms with Crippen LogP contribution in [0.4, 0.5) is 0 Å². The molecule has 0 saturated heterocycles. The van der Waals surface area contributed by atoms with E-state index in [-0.39, 0.29) is 0 Å². The SMILES string of the molecule is C=C(CC(=O)CC(C)C)[Si](C)(C)C. The van der Waals surface area contributed by atoms with Crippen LogP contribution < -0.4 is 0 Å². The van der Waals surface area contributed by atoms with Gasteiger partial charge in [0, 0.05) is 12.8 Å². The number of Topliss-reactive ketones (excluding diaryl/α,β-unsaturated/α-hetero) is 1. The fourth-order valence-corrected chi connectivity index (χ4v) is 1.76. The average molecular weight is 198 g/mol. The summed E-state index contributed by atoms with van der Waals surface area (Å²) in [6, 6.07) is 0. The molecule has 0 unspecified atom stereocenters. The van der Waals surface area contributed by atoms with Crippen LogP contribution in [0.25, 0.3) is 0 Å². The van der Waals surface area contributed by atoms with Crippen molar-refractivity contribution in [1.29, 1.82) is 0 Å². The van der Waals surface area contributed by atoms with Gasteiger partial charge in [-0.25, -0.2) is 0 Å². The maximum Gasteiger partial charge on any atom is 0.136 e. The minimum atomic E-state index is -1.29. The van der Waals surface area contributed by atoms with Crippen molar-refractivity contribution in [2.24, 2.45) is 5.92 Å². The van der Waals surface area contributed by atoms with Crippen molar-refractivity contribution in [3.63, 3.8) is 0 Å². The first-order valence-electron chi connectivity index (χ1n) is 4.93. The van der Waals surface area contributed by atoms with Crippen molar-refractivity contribution < 1.29 is 4.79 Å². The van der Waals surface area contributed by atoms with Crippen molar-refractivity contribution in [1.82, 2.24) is 0 Å². The standard InChI is InChI=1S/C11H22OSi/c1-9(2)7-11(12)8-10(3)13(4,5)6/h9H,3,7-8H2,1-2,4-6H3. The second-order valence-electron chi connectivity index (χ2n) is 5.17. The molecule has 0 rings (SSSR count). The van der Waals surface area contributed by atoms with Gasteiger partial charge < -0.3 is 0 Å². The summed E-state index contributed by atoms with van der Waals surface area (Å²) in [5.74, 6) is 0.823. The van der Waals surface area contributed by atoms with Gasteiger partial charge in [-0.05, 0) is 5.92 Å². The van der Waals surface area contributed by atoms with Crippen LogP contribution in [0.15, 0.2) is 11.8 Å². The number of carbonyl (C=O) groups excluding carboxylic acids is 1. The molecule has 0 saturated carbocycles. The van der Waals surface area contributed by atoms with E-state index in [1.165, 1.54) is 5.20 Å². The molecule has 0 spiro atoms. The molecule has 0 radical (unpaired) electrons. The summed E-state index contributed by atoms with van der Waals surface area (Å²) >= 11 is 0. The van der Waals surface area contributed by atoms with Crippen molar-refractivity contribution in [3.8, 4) is 0 Å². The first kappa shape index (κ1) is 12.6. The molecule has 1 nitrogen and oxygen atoms in total. The highest BCUT2D eigenvalue weighted by Crippen LogP contribution is 2.17. The maximum absolute atomic E-state index is 11.5. The zero-order valence-corrected chi connectivity index (χ0v) is 10.6. The van der Waals surface area contributed by atoms with Gasteiger partial charge in [-0.15, -0.1) is 6.58 Å². The third kappa shape index (κ3) is 5.80. The van der Waals surface area contributed by atoms with Crippen LogP contribution in [0.3, 0.4) is 0 Å². The van der Waals surface area contributed by atoms with Gasteiger partial charge in [-0.2, -0.15) is 0 Å². The molecular weight excluding hydrogens is 176 g/mol. The van der Waals surface area contributed by atoms with Gasteiger partial charge in [-0.1, -0.05) is 38.7 Å². The van der Waals surface area contributed by atoms with E-state index in [1.54, 1.807) is 0 Å². The molecule has 0 fully saturated rings. The molecule has 0 aliphatic heterocycles. The number of hydrogen-bond acceptors (Lipinski definition) is 1. The fraction of sp³-hybridized carbons (Fsp3) is 0.727. The van der Waals surface area contributed by atoms with Gasteiger partial charge in [0.1, 0.15) is 5.78 Å². The van der Waals surface area contributed by atoms with E-state index in [0.29, 0.717) is 24.5 Å². The minimum Gasteiger partial charge on any atom is -0.299 e. The third-order valence-corrected chi connectivity index (χ3v) is 4.41. The summed E-state index contributed by atoms with van der Waals surface area (Å²) in [5, 5.41) is 1.18. The molecule has 0 aromatic heterocycles. The summed E-state index contributed by atoms with van der Waals surface area (Å²) in [6.45, 7) is 14.9. The van der Waals surface area contributed by atoms with Crippen molar-refractivity contribution in [3.05, 3.63) is 11.8 Å². The summed E-state index contributed by atoms with van der Waals surface area (Å²) in [4.78, 5) is 11.5. The minimum absolute atomic E-state index is 0.349. The number of rotatable bonds is 5. The Morgan fingerprint density at radius 2 is 1.77 bits per heavy atom. The van der Waals surface area contributed by atoms with Crippen molar-refractivity contribution in [2.45, 2.75) is 46.3 Å². The van der Waals surface area contributed by atoms with Crippen LogP contribution in [0, 0.1) is 5.92 Å². The molecule has 2 heteroatoms. The average Bonchev–Trinajstić information content (AvgIpc) is 1.82. The highest BCUT2D eigenvalue weighted by atomic mass is 28.3. The van der Waals surface area contributed by atoms with Gasteiger partial charge in [0.2, 0.25) is 0 Å². The summed E-state index contributed by atoms with van der Waals surface area (Å²) in [5.41, 5.74) is 0. The molecule has 0 atom stereocenters. The predicted octanol–water partition coefficient (Wildman–Crippen LogP) is 3.43. The molecule has 0 aliphatic carbocycles. The molecule has 13 heavy (non-hydrogen) atoms. The highest BCUT2D eigenvalue weighted by molar-refractivity contribution is 6.83. The Morgan fingerprint density at radius 1 is 1.31 bits per heavy atom. The highest BCUT2D eigenvalue weighted by Gasteiger charge is 2.19. The van der Waals surface area contributed by atoms with E-state index in [1.807, 2.05) is 0 Å². The molecule has 0 amide bonds. The lowest BCUT2D eigenvalue weighted by Gasteiger charge is -2.19. The Morgan fingerprint density at radius 3 is 2.08 bits per heavy atom. The Kier molecular flexibility index (Phi) is 4.61. The Balaban J connectivity index is 4.01. The second-order valence-corrected chi connectivity index (χ2v) is 10.4. The lowest BCUT2D eigenvalue weighted by Crippen LogP contribution is -2.25. The maximum atomic E-state index is 11.5. The summed E-state index contributed by atoms with van der Waals surface area (Å²) in [6.07, 6.45) is 1.30. The molecular formula is C11H22OSi. The quantitative estimate of drug-likeness (QED) is 0.619. The molecule has 0 aromatic carbocycles. The van der Waals surface area contributed by atoms with Gasteiger partial charge in [0.05, 0.1) is 8.07 Å². The zero-order valence-electron chi connectivity index (χ0n) is 9.61. The van der Waals surface area contributed by atoms with Crippen molar-refractivity contribution >= 4 is 13.9 Å². The predicted molar refractivity (Wildman–Crippen MR) is 61.6 cm³/mol. The van der Waals surface area contributed by atoms with E-state index in [2.05, 4.69) is 40.1 Å². The Labute approximate surface area is 83.2 Å². The van der Waals surface area contributed by atoms with Crippen molar-refractivity contribution in [2.75, 3.05) is 0 Å². The number of carbonyl (C=O) groups is 1. The first-order chi connectivity index (χ1) is 5.73. The van der Waals surface area contributed by atoms with Gasteiger partial charge >= 0.3 is 0 Å². The lowest BCUT2D eigenvalue weighted by molar-refractivity contribution is -0.119. The summed E-state index contributed by atoms with van der Waals surface area (Å²) in [7, 11) is -1.29. The Hall–Kier alpha value is -0.373. The van der Waals surface area contributed by atoms with Crippen LogP contribution in [0.1, 0.15) is 26.7 Å². The van der Waals surface area contributed by atoms with Crippen LogP contribution in [-0.4, -0.2) is 13.9 Å². The molecule has 76 valence electrons. The zero-order chi connectivity index (χ0) is 10.6. The molecule has 0 aliphatic rings. The largest absolute Gasteiger partial charge is 0.299 e. The van der Waals surface area contributed by atoms with Crippen LogP contribution in [0.5, 0.6) is 0 Å². The Bertz CT molecular complexity index is 199. The normalized spacial score (nSPS) is 11.8. The van der Waals surface area contributed by atoms with Crippen LogP contribution >= 0.6 is 0 Å². The van der Waals surface area contributed by atoms with E-state index < -0.39 is 8.07 Å². The molecule has 0 N–H and O–H groups in total. The lowest BCUT2D eigenvalue weighted by atomic mass is 10.1.